The molecule has 0 bridgehead atoms. The lowest BCUT2D eigenvalue weighted by molar-refractivity contribution is 0.134. The van der Waals surface area contributed by atoms with E-state index in [2.05, 4.69) is 9.71 Å². The Balaban J connectivity index is 2.16. The van der Waals surface area contributed by atoms with Crippen LogP contribution in [0, 0.1) is 0 Å². The largest absolute Gasteiger partial charge is 0.377 e. The fourth-order valence-corrected chi connectivity index (χ4v) is 3.35. The van der Waals surface area contributed by atoms with Crippen LogP contribution in [0.15, 0.2) is 53.7 Å². The van der Waals surface area contributed by atoms with Gasteiger partial charge in [-0.05, 0) is 49.2 Å². The van der Waals surface area contributed by atoms with E-state index in [0.717, 1.165) is 11.1 Å². The Labute approximate surface area is 131 Å². The molecule has 22 heavy (non-hydrogen) atoms. The van der Waals surface area contributed by atoms with E-state index in [9.17, 15) is 8.42 Å². The maximum Gasteiger partial charge on any atom is 0.241 e. The van der Waals surface area contributed by atoms with Crippen LogP contribution in [0.1, 0.15) is 31.0 Å². The molecule has 6 heteroatoms. The maximum absolute atomic E-state index is 12.5. The summed E-state index contributed by atoms with van der Waals surface area (Å²) in [5, 5.41) is 0. The fraction of sp³-hybridized carbons (Fsp3) is 0.312. The van der Waals surface area contributed by atoms with E-state index in [4.69, 9.17) is 4.74 Å². The minimum absolute atomic E-state index is 0.241. The van der Waals surface area contributed by atoms with Gasteiger partial charge in [0.15, 0.2) is 0 Å². The summed E-state index contributed by atoms with van der Waals surface area (Å²) in [6, 6.07) is 10.0. The Bertz CT molecular complexity index is 702. The molecule has 5 nitrogen and oxygen atoms in total. The third-order valence-corrected chi connectivity index (χ3v) is 4.76. The van der Waals surface area contributed by atoms with Crippen molar-refractivity contribution < 1.29 is 13.2 Å². The van der Waals surface area contributed by atoms with E-state index >= 15 is 0 Å². The predicted octanol–water partition coefficient (Wildman–Crippen LogP) is 2.66. The molecular weight excluding hydrogens is 300 g/mol. The van der Waals surface area contributed by atoms with Gasteiger partial charge in [0.05, 0.1) is 11.5 Å². The number of benzene rings is 1. The molecule has 0 amide bonds. The topological polar surface area (TPSA) is 68.3 Å². The zero-order chi connectivity index (χ0) is 16.0. The smallest absolute Gasteiger partial charge is 0.241 e. The van der Waals surface area contributed by atoms with Crippen LogP contribution < -0.4 is 4.72 Å². The first-order valence-corrected chi connectivity index (χ1v) is 8.60. The number of hydrogen-bond donors (Lipinski definition) is 1. The van der Waals surface area contributed by atoms with Crippen LogP contribution in [-0.2, 0) is 21.4 Å². The van der Waals surface area contributed by atoms with Crippen LogP contribution in [0.5, 0.6) is 0 Å². The molecule has 2 aromatic rings. The van der Waals surface area contributed by atoms with Gasteiger partial charge in [0.25, 0.3) is 0 Å². The monoisotopic (exact) mass is 320 g/mol. The highest BCUT2D eigenvalue weighted by atomic mass is 32.2. The average molecular weight is 320 g/mol. The molecule has 1 heterocycles. The zero-order valence-corrected chi connectivity index (χ0v) is 13.5. The molecular formula is C16H20N2O3S. The number of hydrogen-bond acceptors (Lipinski definition) is 4. The predicted molar refractivity (Wildman–Crippen MR) is 84.7 cm³/mol. The van der Waals surface area contributed by atoms with Crippen LogP contribution >= 0.6 is 0 Å². The lowest BCUT2D eigenvalue weighted by atomic mass is 10.1. The van der Waals surface area contributed by atoms with Gasteiger partial charge in [0.1, 0.15) is 0 Å². The van der Waals surface area contributed by atoms with Gasteiger partial charge in [-0.2, -0.15) is 0 Å². The third kappa shape index (κ3) is 4.37. The Hall–Kier alpha value is -1.76. The summed E-state index contributed by atoms with van der Waals surface area (Å²) in [5.74, 6) is 0. The molecule has 0 unspecified atom stereocenters. The normalized spacial score (nSPS) is 13.0. The highest BCUT2D eigenvalue weighted by Crippen LogP contribution is 2.17. The van der Waals surface area contributed by atoms with Crippen LogP contribution in [0.4, 0.5) is 0 Å². The molecule has 0 saturated heterocycles. The van der Waals surface area contributed by atoms with E-state index in [1.54, 1.807) is 49.6 Å². The molecule has 0 spiro atoms. The van der Waals surface area contributed by atoms with E-state index < -0.39 is 10.0 Å². The van der Waals surface area contributed by atoms with Crippen molar-refractivity contribution in [1.82, 2.24) is 9.71 Å². The van der Waals surface area contributed by atoms with Gasteiger partial charge in [-0.3, -0.25) is 4.98 Å². The van der Waals surface area contributed by atoms with Gasteiger partial charge in [0.2, 0.25) is 10.0 Å². The number of ether oxygens (including phenoxy) is 1. The molecule has 1 atom stereocenters. The number of rotatable bonds is 7. The molecule has 1 aromatic heterocycles. The lowest BCUT2D eigenvalue weighted by Crippen LogP contribution is -2.27. The van der Waals surface area contributed by atoms with Crippen molar-refractivity contribution in [2.75, 3.05) is 6.61 Å². The number of sulfonamides is 1. The number of aromatic nitrogens is 1. The first-order chi connectivity index (χ1) is 10.5. The van der Waals surface area contributed by atoms with Crippen LogP contribution in [0.25, 0.3) is 0 Å². The van der Waals surface area contributed by atoms with Gasteiger partial charge in [-0.15, -0.1) is 0 Å². The first-order valence-electron chi connectivity index (χ1n) is 7.12. The van der Waals surface area contributed by atoms with Gasteiger partial charge in [-0.25, -0.2) is 13.1 Å². The van der Waals surface area contributed by atoms with E-state index in [0.29, 0.717) is 13.2 Å². The summed E-state index contributed by atoms with van der Waals surface area (Å²) in [6.45, 7) is 4.70. The molecule has 0 radical (unpaired) electrons. The van der Waals surface area contributed by atoms with Gasteiger partial charge >= 0.3 is 0 Å². The van der Waals surface area contributed by atoms with Crippen molar-refractivity contribution in [1.29, 1.82) is 0 Å². The summed E-state index contributed by atoms with van der Waals surface area (Å²) in [4.78, 5) is 4.17. The van der Waals surface area contributed by atoms with E-state index in [1.807, 2.05) is 13.0 Å². The standard InChI is InChI=1S/C16H20N2O3S/c1-3-21-12-14-5-4-6-16(11-14)22(19,20)18-13(2)15-7-9-17-10-8-15/h4-11,13,18H,3,12H2,1-2H3/t13-/m1/s1. The van der Waals surface area contributed by atoms with Crippen LogP contribution in [0.3, 0.4) is 0 Å². The molecule has 0 aliphatic rings. The fourth-order valence-electron chi connectivity index (χ4n) is 2.04. The van der Waals surface area contributed by atoms with Crippen LogP contribution in [-0.4, -0.2) is 20.0 Å². The molecule has 0 aliphatic carbocycles. The molecule has 118 valence electrons. The highest BCUT2D eigenvalue weighted by Gasteiger charge is 2.18. The van der Waals surface area contributed by atoms with Crippen molar-refractivity contribution in [3.05, 3.63) is 59.9 Å². The number of nitrogens with one attached hydrogen (secondary N) is 1. The molecule has 0 fully saturated rings. The average Bonchev–Trinajstić information content (AvgIpc) is 2.53. The zero-order valence-electron chi connectivity index (χ0n) is 12.7. The Morgan fingerprint density at radius 3 is 2.64 bits per heavy atom. The highest BCUT2D eigenvalue weighted by molar-refractivity contribution is 7.89. The Morgan fingerprint density at radius 2 is 1.95 bits per heavy atom. The minimum Gasteiger partial charge on any atom is -0.377 e. The molecule has 0 aliphatic heterocycles. The Morgan fingerprint density at radius 1 is 1.23 bits per heavy atom. The first kappa shape index (κ1) is 16.6. The molecule has 1 N–H and O–H groups in total. The molecule has 2 rings (SSSR count). The van der Waals surface area contributed by atoms with Crippen molar-refractivity contribution in [2.45, 2.75) is 31.4 Å². The van der Waals surface area contributed by atoms with E-state index in [1.165, 1.54) is 0 Å². The Kier molecular flexibility index (Phi) is 5.65. The second-order valence-electron chi connectivity index (χ2n) is 4.91. The van der Waals surface area contributed by atoms with Crippen molar-refractivity contribution >= 4 is 10.0 Å². The lowest BCUT2D eigenvalue weighted by Gasteiger charge is -2.15. The molecule has 1 aromatic carbocycles. The van der Waals surface area contributed by atoms with Gasteiger partial charge in [0, 0.05) is 25.0 Å². The van der Waals surface area contributed by atoms with Gasteiger partial charge in [-0.1, -0.05) is 12.1 Å². The number of pyridine rings is 1. The quantitative estimate of drug-likeness (QED) is 0.851. The van der Waals surface area contributed by atoms with E-state index in [-0.39, 0.29) is 10.9 Å². The van der Waals surface area contributed by atoms with Crippen molar-refractivity contribution in [2.24, 2.45) is 0 Å². The summed E-state index contributed by atoms with van der Waals surface area (Å²) in [6.07, 6.45) is 3.28. The van der Waals surface area contributed by atoms with Crippen molar-refractivity contribution in [3.63, 3.8) is 0 Å². The van der Waals surface area contributed by atoms with Crippen molar-refractivity contribution in [3.8, 4) is 0 Å². The number of nitrogens with zero attached hydrogens (tertiary/aromatic N) is 1. The second-order valence-corrected chi connectivity index (χ2v) is 6.62. The SMILES string of the molecule is CCOCc1cccc(S(=O)(=O)N[C@H](C)c2ccncc2)c1. The summed E-state index contributed by atoms with van der Waals surface area (Å²) in [5.41, 5.74) is 1.70. The summed E-state index contributed by atoms with van der Waals surface area (Å²) in [7, 11) is -3.58. The summed E-state index contributed by atoms with van der Waals surface area (Å²) < 4.78 is 32.9. The minimum atomic E-state index is -3.58. The maximum atomic E-state index is 12.5. The summed E-state index contributed by atoms with van der Waals surface area (Å²) >= 11 is 0. The van der Waals surface area contributed by atoms with Crippen LogP contribution in [0.2, 0.25) is 0 Å². The molecule has 0 saturated carbocycles. The third-order valence-electron chi connectivity index (χ3n) is 3.22. The second kappa shape index (κ2) is 7.49. The van der Waals surface area contributed by atoms with Gasteiger partial charge < -0.3 is 4.74 Å².